The van der Waals surface area contributed by atoms with Gasteiger partial charge in [-0.05, 0) is 43.5 Å². The summed E-state index contributed by atoms with van der Waals surface area (Å²) in [4.78, 5) is 12.3. The summed E-state index contributed by atoms with van der Waals surface area (Å²) in [6.07, 6.45) is 0.697. The Morgan fingerprint density at radius 1 is 1.00 bits per heavy atom. The maximum atomic E-state index is 12.9. The Hall–Kier alpha value is -2.22. The van der Waals surface area contributed by atoms with E-state index in [1.54, 1.807) is 6.07 Å². The number of aryl methyl sites for hydroxylation is 2. The van der Waals surface area contributed by atoms with Gasteiger partial charge in [0.25, 0.3) is 10.2 Å². The zero-order valence-electron chi connectivity index (χ0n) is 15.7. The molecule has 1 aliphatic heterocycles. The molecule has 0 bridgehead atoms. The molecule has 0 unspecified atom stereocenters. The Balaban J connectivity index is 1.66. The minimum atomic E-state index is -3.66. The molecule has 1 heterocycles. The van der Waals surface area contributed by atoms with Gasteiger partial charge in [-0.3, -0.25) is 4.79 Å². The number of anilines is 1. The number of hydrogen-bond donors (Lipinski definition) is 1. The van der Waals surface area contributed by atoms with Crippen LogP contribution < -0.4 is 5.32 Å². The lowest BCUT2D eigenvalue weighted by Gasteiger charge is -2.34. The molecular formula is C20H25N3O3S. The fourth-order valence-electron chi connectivity index (χ4n) is 3.12. The van der Waals surface area contributed by atoms with Crippen LogP contribution in [0.15, 0.2) is 48.5 Å². The van der Waals surface area contributed by atoms with E-state index < -0.39 is 10.2 Å². The molecule has 0 saturated carbocycles. The molecule has 0 spiro atoms. The molecule has 2 aromatic carbocycles. The standard InChI is InChI=1S/C20H25N3O3S/c1-16-7-9-18(10-8-16)14-22-11-4-12-23(27(22,25)26)15-20(24)21-19-6-3-5-17(2)13-19/h3,5-10,13H,4,11-12,14-15H2,1-2H3,(H,21,24). The summed E-state index contributed by atoms with van der Waals surface area (Å²) in [6, 6.07) is 15.3. The fourth-order valence-corrected chi connectivity index (χ4v) is 4.76. The zero-order valence-corrected chi connectivity index (χ0v) is 16.5. The van der Waals surface area contributed by atoms with Gasteiger partial charge in [0.1, 0.15) is 0 Å². The summed E-state index contributed by atoms with van der Waals surface area (Å²) in [5, 5.41) is 2.78. The maximum absolute atomic E-state index is 12.9. The van der Waals surface area contributed by atoms with E-state index in [0.717, 1.165) is 16.7 Å². The normalized spacial score (nSPS) is 17.6. The number of nitrogens with one attached hydrogen (secondary N) is 1. The van der Waals surface area contributed by atoms with Crippen molar-refractivity contribution in [2.45, 2.75) is 26.8 Å². The second kappa shape index (κ2) is 8.21. The summed E-state index contributed by atoms with van der Waals surface area (Å²) < 4.78 is 28.5. The third-order valence-corrected chi connectivity index (χ3v) is 6.50. The Bertz CT molecular complexity index is 910. The van der Waals surface area contributed by atoms with Crippen LogP contribution in [0.3, 0.4) is 0 Å². The molecule has 1 aliphatic rings. The number of hydrogen-bond acceptors (Lipinski definition) is 3. The van der Waals surface area contributed by atoms with Crippen LogP contribution in [0.1, 0.15) is 23.1 Å². The smallest absolute Gasteiger partial charge is 0.282 e. The highest BCUT2D eigenvalue weighted by Crippen LogP contribution is 2.20. The van der Waals surface area contributed by atoms with Crippen molar-refractivity contribution in [3.05, 3.63) is 65.2 Å². The molecule has 1 saturated heterocycles. The van der Waals surface area contributed by atoms with Gasteiger partial charge in [-0.25, -0.2) is 0 Å². The van der Waals surface area contributed by atoms with E-state index in [9.17, 15) is 13.2 Å². The lowest BCUT2D eigenvalue weighted by atomic mass is 10.1. The van der Waals surface area contributed by atoms with Crippen LogP contribution >= 0.6 is 0 Å². The molecule has 6 nitrogen and oxygen atoms in total. The molecule has 7 heteroatoms. The third-order valence-electron chi connectivity index (χ3n) is 4.57. The summed E-state index contributed by atoms with van der Waals surface area (Å²) in [6.45, 7) is 4.89. The van der Waals surface area contributed by atoms with Gasteiger partial charge < -0.3 is 5.32 Å². The van der Waals surface area contributed by atoms with E-state index in [2.05, 4.69) is 5.32 Å². The van der Waals surface area contributed by atoms with Crippen molar-refractivity contribution in [3.8, 4) is 0 Å². The highest BCUT2D eigenvalue weighted by Gasteiger charge is 2.34. The van der Waals surface area contributed by atoms with Gasteiger partial charge in [0.2, 0.25) is 5.91 Å². The Labute approximate surface area is 161 Å². The van der Waals surface area contributed by atoms with Gasteiger partial charge in [-0.1, -0.05) is 42.0 Å². The zero-order chi connectivity index (χ0) is 19.4. The van der Waals surface area contributed by atoms with Gasteiger partial charge >= 0.3 is 0 Å². The average Bonchev–Trinajstić information content (AvgIpc) is 2.60. The van der Waals surface area contributed by atoms with Gasteiger partial charge in [0.15, 0.2) is 0 Å². The van der Waals surface area contributed by atoms with E-state index in [1.165, 1.54) is 8.61 Å². The second-order valence-corrected chi connectivity index (χ2v) is 8.86. The van der Waals surface area contributed by atoms with Crippen molar-refractivity contribution in [1.82, 2.24) is 8.61 Å². The van der Waals surface area contributed by atoms with E-state index in [0.29, 0.717) is 31.7 Å². The summed E-state index contributed by atoms with van der Waals surface area (Å²) in [7, 11) is -3.66. The lowest BCUT2D eigenvalue weighted by Crippen LogP contribution is -2.51. The summed E-state index contributed by atoms with van der Waals surface area (Å²) >= 11 is 0. The van der Waals surface area contributed by atoms with E-state index >= 15 is 0 Å². The first kappa shape index (κ1) is 19.5. The molecule has 1 N–H and O–H groups in total. The van der Waals surface area contributed by atoms with E-state index in [4.69, 9.17) is 0 Å². The molecule has 0 aliphatic carbocycles. The molecular weight excluding hydrogens is 362 g/mol. The van der Waals surface area contributed by atoms with Gasteiger partial charge in [-0.15, -0.1) is 0 Å². The number of carbonyl (C=O) groups is 1. The van der Waals surface area contributed by atoms with Crippen LogP contribution in [0.4, 0.5) is 5.69 Å². The van der Waals surface area contributed by atoms with Crippen LogP contribution in [0.5, 0.6) is 0 Å². The van der Waals surface area contributed by atoms with Gasteiger partial charge in [-0.2, -0.15) is 17.0 Å². The molecule has 27 heavy (non-hydrogen) atoms. The monoisotopic (exact) mass is 387 g/mol. The number of rotatable bonds is 5. The van der Waals surface area contributed by atoms with Crippen LogP contribution in [0, 0.1) is 13.8 Å². The van der Waals surface area contributed by atoms with Crippen molar-refractivity contribution in [2.75, 3.05) is 25.0 Å². The second-order valence-electron chi connectivity index (χ2n) is 6.93. The van der Waals surface area contributed by atoms with E-state index in [1.807, 2.05) is 56.3 Å². The molecule has 1 fully saturated rings. The van der Waals surface area contributed by atoms with Gasteiger partial charge in [0, 0.05) is 25.3 Å². The largest absolute Gasteiger partial charge is 0.325 e. The van der Waals surface area contributed by atoms with Crippen molar-refractivity contribution < 1.29 is 13.2 Å². The Morgan fingerprint density at radius 3 is 2.41 bits per heavy atom. The minimum Gasteiger partial charge on any atom is -0.325 e. The summed E-state index contributed by atoms with van der Waals surface area (Å²) in [5.74, 6) is -0.332. The predicted molar refractivity (Wildman–Crippen MR) is 107 cm³/mol. The van der Waals surface area contributed by atoms with Crippen molar-refractivity contribution >= 4 is 21.8 Å². The minimum absolute atomic E-state index is 0.180. The molecule has 0 atom stereocenters. The first-order chi connectivity index (χ1) is 12.8. The van der Waals surface area contributed by atoms with Crippen LogP contribution in [0.2, 0.25) is 0 Å². The fraction of sp³-hybridized carbons (Fsp3) is 0.350. The Kier molecular flexibility index (Phi) is 5.94. The summed E-state index contributed by atoms with van der Waals surface area (Å²) in [5.41, 5.74) is 3.78. The highest BCUT2D eigenvalue weighted by molar-refractivity contribution is 7.86. The molecule has 3 rings (SSSR count). The average molecular weight is 388 g/mol. The number of benzene rings is 2. The van der Waals surface area contributed by atoms with Crippen molar-refractivity contribution in [2.24, 2.45) is 0 Å². The molecule has 0 radical (unpaired) electrons. The predicted octanol–water partition coefficient (Wildman–Crippen LogP) is 2.69. The van der Waals surface area contributed by atoms with Crippen LogP contribution in [-0.4, -0.2) is 42.6 Å². The SMILES string of the molecule is Cc1ccc(CN2CCCN(CC(=O)Nc3cccc(C)c3)S2(=O)=O)cc1. The molecule has 2 aromatic rings. The molecule has 144 valence electrons. The number of nitrogens with zero attached hydrogens (tertiary/aromatic N) is 2. The number of amides is 1. The van der Waals surface area contributed by atoms with Crippen molar-refractivity contribution in [1.29, 1.82) is 0 Å². The Morgan fingerprint density at radius 2 is 1.70 bits per heavy atom. The quantitative estimate of drug-likeness (QED) is 0.858. The lowest BCUT2D eigenvalue weighted by molar-refractivity contribution is -0.116. The maximum Gasteiger partial charge on any atom is 0.282 e. The van der Waals surface area contributed by atoms with E-state index in [-0.39, 0.29) is 12.5 Å². The molecule has 0 aromatic heterocycles. The first-order valence-corrected chi connectivity index (χ1v) is 10.4. The number of carbonyl (C=O) groups excluding carboxylic acids is 1. The third kappa shape index (κ3) is 4.94. The highest BCUT2D eigenvalue weighted by atomic mass is 32.2. The first-order valence-electron chi connectivity index (χ1n) is 9.02. The topological polar surface area (TPSA) is 69.7 Å². The van der Waals surface area contributed by atoms with Crippen LogP contribution in [0.25, 0.3) is 0 Å². The van der Waals surface area contributed by atoms with Gasteiger partial charge in [0.05, 0.1) is 6.54 Å². The van der Waals surface area contributed by atoms with Crippen LogP contribution in [-0.2, 0) is 21.5 Å². The van der Waals surface area contributed by atoms with Crippen molar-refractivity contribution in [3.63, 3.8) is 0 Å². The molecule has 1 amide bonds.